The largest absolute Gasteiger partial charge is 0.463 e. The van der Waals surface area contributed by atoms with Gasteiger partial charge in [0.2, 0.25) is 12.5 Å². The Morgan fingerprint density at radius 2 is 2.05 bits per heavy atom. The van der Waals surface area contributed by atoms with Crippen LogP contribution in [0, 0.1) is 17.9 Å². The molecule has 228 valence electrons. The van der Waals surface area contributed by atoms with Crippen LogP contribution in [0.1, 0.15) is 37.4 Å². The van der Waals surface area contributed by atoms with E-state index < -0.39 is 0 Å². The van der Waals surface area contributed by atoms with E-state index in [0.29, 0.717) is 60.8 Å². The van der Waals surface area contributed by atoms with Gasteiger partial charge in [-0.3, -0.25) is 4.79 Å². The number of fused-ring (bicyclic) bond motifs is 1. The SMILES string of the molecule is [C-]#[N+]C[C@H]1CN(c2nc(OCC3(C4CCCN4C)CC3C)nc3c2CCN(c2cccc(Cl)c2Cl)C3)CCN1C(=O)C=C. The molecule has 11 heteroatoms. The van der Waals surface area contributed by atoms with Crippen LogP contribution in [0.15, 0.2) is 30.9 Å². The molecule has 1 aliphatic carbocycles. The average molecular weight is 625 g/mol. The van der Waals surface area contributed by atoms with E-state index in [1.165, 1.54) is 18.9 Å². The molecule has 6 rings (SSSR count). The van der Waals surface area contributed by atoms with Crippen molar-refractivity contribution >= 4 is 40.6 Å². The monoisotopic (exact) mass is 623 g/mol. The highest BCUT2D eigenvalue weighted by atomic mass is 35.5. The number of hydrogen-bond acceptors (Lipinski definition) is 7. The lowest BCUT2D eigenvalue weighted by Crippen LogP contribution is -2.56. The van der Waals surface area contributed by atoms with E-state index in [4.69, 9.17) is 44.5 Å². The predicted octanol–water partition coefficient (Wildman–Crippen LogP) is 4.97. The lowest BCUT2D eigenvalue weighted by atomic mass is 9.93. The molecule has 0 N–H and O–H groups in total. The summed E-state index contributed by atoms with van der Waals surface area (Å²) in [5.74, 6) is 1.30. The Morgan fingerprint density at radius 3 is 2.74 bits per heavy atom. The first-order valence-electron chi connectivity index (χ1n) is 15.2. The van der Waals surface area contributed by atoms with Crippen molar-refractivity contribution in [3.05, 3.63) is 63.6 Å². The van der Waals surface area contributed by atoms with Gasteiger partial charge in [0.15, 0.2) is 0 Å². The number of nitrogens with zero attached hydrogens (tertiary/aromatic N) is 7. The van der Waals surface area contributed by atoms with Gasteiger partial charge >= 0.3 is 6.01 Å². The number of halogens is 2. The van der Waals surface area contributed by atoms with Gasteiger partial charge < -0.3 is 29.2 Å². The summed E-state index contributed by atoms with van der Waals surface area (Å²) in [7, 11) is 2.23. The summed E-state index contributed by atoms with van der Waals surface area (Å²) in [6, 6.07) is 6.36. The highest BCUT2D eigenvalue weighted by Crippen LogP contribution is 2.58. The molecule has 4 aliphatic rings. The van der Waals surface area contributed by atoms with Crippen molar-refractivity contribution in [2.45, 2.75) is 51.2 Å². The normalized spacial score (nSPS) is 27.0. The maximum absolute atomic E-state index is 12.6. The van der Waals surface area contributed by atoms with Crippen molar-refractivity contribution in [2.75, 3.05) is 62.7 Å². The third-order valence-corrected chi connectivity index (χ3v) is 10.8. The van der Waals surface area contributed by atoms with E-state index in [1.54, 1.807) is 11.0 Å². The van der Waals surface area contributed by atoms with Crippen LogP contribution in [0.5, 0.6) is 6.01 Å². The van der Waals surface area contributed by atoms with E-state index in [1.807, 2.05) is 12.1 Å². The Balaban J connectivity index is 1.32. The quantitative estimate of drug-likeness (QED) is 0.304. The molecule has 2 saturated heterocycles. The van der Waals surface area contributed by atoms with E-state index in [2.05, 4.69) is 40.1 Å². The Hall–Kier alpha value is -3.06. The summed E-state index contributed by atoms with van der Waals surface area (Å²) < 4.78 is 6.53. The van der Waals surface area contributed by atoms with Crippen LogP contribution in [0.3, 0.4) is 0 Å². The summed E-state index contributed by atoms with van der Waals surface area (Å²) >= 11 is 13.0. The second kappa shape index (κ2) is 12.1. The molecule has 1 aromatic carbocycles. The summed E-state index contributed by atoms with van der Waals surface area (Å²) in [4.78, 5) is 34.9. The Kier molecular flexibility index (Phi) is 8.47. The minimum atomic E-state index is -0.245. The number of benzene rings is 1. The smallest absolute Gasteiger partial charge is 0.318 e. The fourth-order valence-corrected chi connectivity index (χ4v) is 7.90. The lowest BCUT2D eigenvalue weighted by molar-refractivity contribution is -0.128. The zero-order chi connectivity index (χ0) is 30.3. The van der Waals surface area contributed by atoms with Crippen LogP contribution in [-0.2, 0) is 17.8 Å². The number of carbonyl (C=O) groups excluding carboxylic acids is 1. The van der Waals surface area contributed by atoms with Crippen molar-refractivity contribution < 1.29 is 9.53 Å². The zero-order valence-electron chi connectivity index (χ0n) is 24.9. The van der Waals surface area contributed by atoms with E-state index >= 15 is 0 Å². The van der Waals surface area contributed by atoms with Gasteiger partial charge in [-0.2, -0.15) is 9.97 Å². The number of amides is 1. The molecule has 0 radical (unpaired) electrons. The molecular formula is C32H39Cl2N7O2. The third-order valence-electron chi connectivity index (χ3n) is 10.00. The molecule has 2 aromatic rings. The molecule has 9 nitrogen and oxygen atoms in total. The number of likely N-dealkylation sites (tertiary alicyclic amines) is 1. The highest BCUT2D eigenvalue weighted by Gasteiger charge is 2.59. The molecular weight excluding hydrogens is 585 g/mol. The molecule has 0 bridgehead atoms. The molecule has 3 unspecified atom stereocenters. The second-order valence-electron chi connectivity index (χ2n) is 12.4. The number of anilines is 2. The molecule has 3 fully saturated rings. The number of aromatic nitrogens is 2. The summed E-state index contributed by atoms with van der Waals surface area (Å²) in [6.07, 6.45) is 5.63. The minimum absolute atomic E-state index is 0.127. The number of rotatable bonds is 8. The predicted molar refractivity (Wildman–Crippen MR) is 170 cm³/mol. The fraction of sp³-hybridized carbons (Fsp3) is 0.562. The topological polar surface area (TPSA) is 69.4 Å². The summed E-state index contributed by atoms with van der Waals surface area (Å²) in [6.45, 7) is 18.3. The van der Waals surface area contributed by atoms with Crippen molar-refractivity contribution in [1.82, 2.24) is 19.8 Å². The Morgan fingerprint density at radius 1 is 1.23 bits per heavy atom. The first-order valence-corrected chi connectivity index (χ1v) is 15.9. The Labute approximate surface area is 264 Å². The number of hydrogen-bond donors (Lipinski definition) is 0. The first-order chi connectivity index (χ1) is 20.8. The van der Waals surface area contributed by atoms with Crippen LogP contribution >= 0.6 is 23.2 Å². The summed E-state index contributed by atoms with van der Waals surface area (Å²) in [5.41, 5.74) is 3.00. The van der Waals surface area contributed by atoms with Gasteiger partial charge in [0, 0.05) is 43.2 Å². The Bertz CT molecular complexity index is 1450. The van der Waals surface area contributed by atoms with Crippen molar-refractivity contribution in [3.63, 3.8) is 0 Å². The molecule has 1 aromatic heterocycles. The summed E-state index contributed by atoms with van der Waals surface area (Å²) in [5, 5.41) is 1.06. The lowest BCUT2D eigenvalue weighted by Gasteiger charge is -2.41. The second-order valence-corrected chi connectivity index (χ2v) is 13.2. The zero-order valence-corrected chi connectivity index (χ0v) is 26.4. The van der Waals surface area contributed by atoms with Crippen LogP contribution in [0.4, 0.5) is 11.5 Å². The molecule has 3 aliphatic heterocycles. The molecule has 43 heavy (non-hydrogen) atoms. The molecule has 4 heterocycles. The van der Waals surface area contributed by atoms with E-state index in [9.17, 15) is 4.79 Å². The van der Waals surface area contributed by atoms with Gasteiger partial charge in [-0.1, -0.05) is 42.8 Å². The van der Waals surface area contributed by atoms with Gasteiger partial charge in [-0.05, 0) is 63.4 Å². The van der Waals surface area contributed by atoms with Gasteiger partial charge in [0.25, 0.3) is 0 Å². The number of piperazine rings is 1. The third kappa shape index (κ3) is 5.65. The van der Waals surface area contributed by atoms with E-state index in [-0.39, 0.29) is 23.9 Å². The maximum atomic E-state index is 12.6. The molecule has 1 saturated carbocycles. The maximum Gasteiger partial charge on any atom is 0.318 e. The highest BCUT2D eigenvalue weighted by molar-refractivity contribution is 6.43. The number of carbonyl (C=O) groups is 1. The van der Waals surface area contributed by atoms with Crippen molar-refractivity contribution in [1.29, 1.82) is 0 Å². The molecule has 1 amide bonds. The van der Waals surface area contributed by atoms with Gasteiger partial charge in [-0.15, -0.1) is 0 Å². The van der Waals surface area contributed by atoms with Crippen LogP contribution in [0.2, 0.25) is 10.0 Å². The standard InChI is InChI=1S/C32H39Cl2N7O2/c1-5-28(42)41-15-14-40(18-22(41)17-35-3)30-23-11-13-39(26-9-6-8-24(33)29(26)34)19-25(23)36-31(37-30)43-20-32(16-21(32)2)27-10-7-12-38(27)4/h5-6,8-9,21-22,27H,1,7,10-20H2,2,4H3/t21?,22-,27?,32?/m0/s1. The number of ether oxygens (including phenoxy) is 1. The van der Waals surface area contributed by atoms with Gasteiger partial charge in [0.1, 0.15) is 11.9 Å². The average Bonchev–Trinajstić information content (AvgIpc) is 3.46. The van der Waals surface area contributed by atoms with Gasteiger partial charge in [-0.25, -0.2) is 6.57 Å². The molecule has 4 atom stereocenters. The minimum Gasteiger partial charge on any atom is -0.463 e. The van der Waals surface area contributed by atoms with Crippen LogP contribution < -0.4 is 14.5 Å². The fourth-order valence-electron chi connectivity index (χ4n) is 7.48. The van der Waals surface area contributed by atoms with E-state index in [0.717, 1.165) is 48.7 Å². The van der Waals surface area contributed by atoms with Crippen molar-refractivity contribution in [2.24, 2.45) is 11.3 Å². The molecule has 0 spiro atoms. The van der Waals surface area contributed by atoms with Crippen LogP contribution in [0.25, 0.3) is 4.85 Å². The van der Waals surface area contributed by atoms with Crippen molar-refractivity contribution in [3.8, 4) is 6.01 Å². The van der Waals surface area contributed by atoms with Crippen LogP contribution in [-0.4, -0.2) is 90.7 Å². The first kappa shape index (κ1) is 30.0. The van der Waals surface area contributed by atoms with Gasteiger partial charge in [0.05, 0.1) is 34.6 Å².